The molecule has 0 aromatic carbocycles. The molecule has 1 N–H and O–H groups in total. The molecule has 0 radical (unpaired) electrons. The third-order valence-electron chi connectivity index (χ3n) is 4.43. The Kier molecular flexibility index (Phi) is 12.6. The van der Waals surface area contributed by atoms with Crippen LogP contribution < -0.4 is 0 Å². The number of hydrogen-bond acceptors (Lipinski definition) is 2. The van der Waals surface area contributed by atoms with Crippen LogP contribution in [0.25, 0.3) is 0 Å². The zero-order valence-electron chi connectivity index (χ0n) is 14.4. The van der Waals surface area contributed by atoms with Gasteiger partial charge >= 0.3 is 0 Å². The normalized spacial score (nSPS) is 14.7. The molecule has 20 heavy (non-hydrogen) atoms. The van der Waals surface area contributed by atoms with E-state index in [-0.39, 0.29) is 5.92 Å². The third kappa shape index (κ3) is 9.77. The summed E-state index contributed by atoms with van der Waals surface area (Å²) in [6.45, 7) is 6.88. The van der Waals surface area contributed by atoms with Crippen molar-refractivity contribution in [1.29, 1.82) is 0 Å². The standard InChI is InChI=1S/C18H38O2/c1-5-6-7-8-9-10-11-12-13-14-15-18(19,16-20-4)17(2)3/h17,19H,5-16H2,1-4H3. The maximum atomic E-state index is 10.5. The number of hydrogen-bond donors (Lipinski definition) is 1. The van der Waals surface area contributed by atoms with Gasteiger partial charge in [-0.2, -0.15) is 0 Å². The summed E-state index contributed by atoms with van der Waals surface area (Å²) in [7, 11) is 1.67. The summed E-state index contributed by atoms with van der Waals surface area (Å²) in [5.41, 5.74) is -0.630. The summed E-state index contributed by atoms with van der Waals surface area (Å²) < 4.78 is 5.16. The lowest BCUT2D eigenvalue weighted by Gasteiger charge is -2.31. The van der Waals surface area contributed by atoms with Crippen molar-refractivity contribution >= 4 is 0 Å². The van der Waals surface area contributed by atoms with Crippen molar-refractivity contribution in [3.8, 4) is 0 Å². The van der Waals surface area contributed by atoms with Crippen LogP contribution in [0.3, 0.4) is 0 Å². The second kappa shape index (κ2) is 12.6. The summed E-state index contributed by atoms with van der Waals surface area (Å²) >= 11 is 0. The summed E-state index contributed by atoms with van der Waals surface area (Å²) in [4.78, 5) is 0. The van der Waals surface area contributed by atoms with E-state index in [0.717, 1.165) is 12.8 Å². The molecule has 1 atom stereocenters. The van der Waals surface area contributed by atoms with Gasteiger partial charge in [0, 0.05) is 7.11 Å². The average molecular weight is 286 g/mol. The van der Waals surface area contributed by atoms with Crippen LogP contribution in [0, 0.1) is 5.92 Å². The van der Waals surface area contributed by atoms with Gasteiger partial charge in [0.1, 0.15) is 0 Å². The Bertz CT molecular complexity index is 204. The predicted molar refractivity (Wildman–Crippen MR) is 88.1 cm³/mol. The lowest BCUT2D eigenvalue weighted by Crippen LogP contribution is -2.39. The topological polar surface area (TPSA) is 29.5 Å². The van der Waals surface area contributed by atoms with Gasteiger partial charge in [0.05, 0.1) is 12.2 Å². The molecule has 0 aromatic rings. The Hall–Kier alpha value is -0.0800. The van der Waals surface area contributed by atoms with Crippen molar-refractivity contribution in [2.24, 2.45) is 5.92 Å². The van der Waals surface area contributed by atoms with Gasteiger partial charge < -0.3 is 9.84 Å². The van der Waals surface area contributed by atoms with E-state index in [0.29, 0.717) is 6.61 Å². The van der Waals surface area contributed by atoms with Crippen LogP contribution >= 0.6 is 0 Å². The zero-order valence-corrected chi connectivity index (χ0v) is 14.4. The summed E-state index contributed by atoms with van der Waals surface area (Å²) in [5.74, 6) is 0.265. The molecule has 0 heterocycles. The second-order valence-electron chi connectivity index (χ2n) is 6.62. The maximum absolute atomic E-state index is 10.5. The van der Waals surface area contributed by atoms with Crippen LogP contribution in [0.5, 0.6) is 0 Å². The van der Waals surface area contributed by atoms with Crippen LogP contribution in [0.1, 0.15) is 91.4 Å². The molecule has 0 aromatic heterocycles. The number of methoxy groups -OCH3 is 1. The zero-order chi connectivity index (χ0) is 15.3. The first-order valence-electron chi connectivity index (χ1n) is 8.78. The Morgan fingerprint density at radius 2 is 1.30 bits per heavy atom. The van der Waals surface area contributed by atoms with Gasteiger partial charge in [0.25, 0.3) is 0 Å². The Labute approximate surface area is 127 Å². The lowest BCUT2D eigenvalue weighted by atomic mass is 9.86. The molecule has 0 saturated carbocycles. The molecule has 122 valence electrons. The van der Waals surface area contributed by atoms with E-state index in [2.05, 4.69) is 20.8 Å². The van der Waals surface area contributed by atoms with Crippen molar-refractivity contribution in [2.45, 2.75) is 97.0 Å². The molecule has 0 fully saturated rings. The van der Waals surface area contributed by atoms with Crippen LogP contribution in [-0.2, 0) is 4.74 Å². The first-order valence-corrected chi connectivity index (χ1v) is 8.78. The van der Waals surface area contributed by atoms with Gasteiger partial charge in [-0.25, -0.2) is 0 Å². The third-order valence-corrected chi connectivity index (χ3v) is 4.43. The summed E-state index contributed by atoms with van der Waals surface area (Å²) in [5, 5.41) is 10.5. The molecule has 2 nitrogen and oxygen atoms in total. The van der Waals surface area contributed by atoms with Crippen molar-refractivity contribution < 1.29 is 9.84 Å². The van der Waals surface area contributed by atoms with Crippen molar-refractivity contribution in [3.63, 3.8) is 0 Å². The molecular weight excluding hydrogens is 248 g/mol. The summed E-state index contributed by atoms with van der Waals surface area (Å²) in [6.07, 6.45) is 14.2. The fourth-order valence-electron chi connectivity index (χ4n) is 2.70. The molecule has 0 saturated heterocycles. The van der Waals surface area contributed by atoms with Crippen LogP contribution in [-0.4, -0.2) is 24.4 Å². The van der Waals surface area contributed by atoms with E-state index in [1.165, 1.54) is 57.8 Å². The largest absolute Gasteiger partial charge is 0.387 e. The Morgan fingerprint density at radius 1 is 0.850 bits per heavy atom. The number of unbranched alkanes of at least 4 members (excludes halogenated alkanes) is 9. The number of rotatable bonds is 14. The molecular formula is C18H38O2. The smallest absolute Gasteiger partial charge is 0.0902 e. The highest BCUT2D eigenvalue weighted by molar-refractivity contribution is 4.81. The SMILES string of the molecule is CCCCCCCCCCCCC(O)(COC)C(C)C. The highest BCUT2D eigenvalue weighted by Crippen LogP contribution is 2.24. The van der Waals surface area contributed by atoms with Gasteiger partial charge in [0.15, 0.2) is 0 Å². The molecule has 0 aliphatic heterocycles. The Morgan fingerprint density at radius 3 is 1.70 bits per heavy atom. The molecule has 0 spiro atoms. The van der Waals surface area contributed by atoms with E-state index in [4.69, 9.17) is 4.74 Å². The molecule has 1 unspecified atom stereocenters. The summed E-state index contributed by atoms with van der Waals surface area (Å²) in [6, 6.07) is 0. The minimum absolute atomic E-state index is 0.265. The monoisotopic (exact) mass is 286 g/mol. The van der Waals surface area contributed by atoms with Crippen LogP contribution in [0.15, 0.2) is 0 Å². The molecule has 0 bridgehead atoms. The molecule has 0 rings (SSSR count). The van der Waals surface area contributed by atoms with Crippen LogP contribution in [0.4, 0.5) is 0 Å². The molecule has 2 heteroatoms. The van der Waals surface area contributed by atoms with Crippen molar-refractivity contribution in [2.75, 3.05) is 13.7 Å². The molecule has 0 aliphatic carbocycles. The highest BCUT2D eigenvalue weighted by Gasteiger charge is 2.30. The number of ether oxygens (including phenoxy) is 1. The lowest BCUT2D eigenvalue weighted by molar-refractivity contribution is -0.0713. The van der Waals surface area contributed by atoms with E-state index in [1.807, 2.05) is 0 Å². The molecule has 0 aliphatic rings. The second-order valence-corrected chi connectivity index (χ2v) is 6.62. The van der Waals surface area contributed by atoms with Gasteiger partial charge in [0.2, 0.25) is 0 Å². The van der Waals surface area contributed by atoms with Gasteiger partial charge in [-0.1, -0.05) is 85.0 Å². The first kappa shape index (κ1) is 19.9. The van der Waals surface area contributed by atoms with E-state index in [1.54, 1.807) is 7.11 Å². The average Bonchev–Trinajstić information content (AvgIpc) is 2.41. The minimum Gasteiger partial charge on any atom is -0.387 e. The van der Waals surface area contributed by atoms with E-state index >= 15 is 0 Å². The highest BCUT2D eigenvalue weighted by atomic mass is 16.5. The fraction of sp³-hybridized carbons (Fsp3) is 1.00. The first-order chi connectivity index (χ1) is 9.56. The Balaban J connectivity index is 3.46. The van der Waals surface area contributed by atoms with Crippen LogP contribution in [0.2, 0.25) is 0 Å². The predicted octanol–water partition coefficient (Wildman–Crippen LogP) is 5.33. The van der Waals surface area contributed by atoms with Crippen molar-refractivity contribution in [3.05, 3.63) is 0 Å². The van der Waals surface area contributed by atoms with E-state index in [9.17, 15) is 5.11 Å². The van der Waals surface area contributed by atoms with Gasteiger partial charge in [-0.3, -0.25) is 0 Å². The maximum Gasteiger partial charge on any atom is 0.0902 e. The minimum atomic E-state index is -0.630. The molecule has 0 amide bonds. The fourth-order valence-corrected chi connectivity index (χ4v) is 2.70. The quantitative estimate of drug-likeness (QED) is 0.437. The van der Waals surface area contributed by atoms with Crippen molar-refractivity contribution in [1.82, 2.24) is 0 Å². The number of aliphatic hydroxyl groups is 1. The van der Waals surface area contributed by atoms with Gasteiger partial charge in [-0.15, -0.1) is 0 Å². The van der Waals surface area contributed by atoms with E-state index < -0.39 is 5.60 Å². The van der Waals surface area contributed by atoms with Gasteiger partial charge in [-0.05, 0) is 12.3 Å².